The molecule has 1 saturated heterocycles. The molecule has 17 heavy (non-hydrogen) atoms. The van der Waals surface area contributed by atoms with Crippen molar-refractivity contribution in [2.24, 2.45) is 5.41 Å². The summed E-state index contributed by atoms with van der Waals surface area (Å²) in [5, 5.41) is 9.18. The van der Waals surface area contributed by atoms with Crippen molar-refractivity contribution in [3.05, 3.63) is 0 Å². The van der Waals surface area contributed by atoms with Crippen LogP contribution in [-0.2, 0) is 9.53 Å². The molecule has 4 heteroatoms. The number of nitriles is 1. The molecule has 1 aliphatic carbocycles. The number of carbonyl (C=O) groups excluding carboxylic acids is 1. The fourth-order valence-corrected chi connectivity index (χ4v) is 2.60. The number of hydrogen-bond donors (Lipinski definition) is 0. The second kappa shape index (κ2) is 5.05. The van der Waals surface area contributed by atoms with Gasteiger partial charge in [0.25, 0.3) is 0 Å². The Morgan fingerprint density at radius 2 is 2.29 bits per heavy atom. The molecule has 2 aliphatic rings. The highest BCUT2D eigenvalue weighted by molar-refractivity contribution is 5.86. The van der Waals surface area contributed by atoms with E-state index in [1.54, 1.807) is 4.90 Å². The lowest BCUT2D eigenvalue weighted by Gasteiger charge is -2.38. The number of amides is 1. The van der Waals surface area contributed by atoms with Crippen LogP contribution >= 0.6 is 0 Å². The molecule has 2 rings (SSSR count). The average molecular weight is 236 g/mol. The Morgan fingerprint density at radius 1 is 1.53 bits per heavy atom. The lowest BCUT2D eigenvalue weighted by molar-refractivity contribution is -0.144. The third-order valence-electron chi connectivity index (χ3n) is 3.95. The van der Waals surface area contributed by atoms with E-state index in [9.17, 15) is 10.1 Å². The average Bonchev–Trinajstić information content (AvgIpc) is 2.77. The van der Waals surface area contributed by atoms with Crippen LogP contribution in [0.5, 0.6) is 0 Å². The number of hydrogen-bond acceptors (Lipinski definition) is 3. The minimum atomic E-state index is -0.714. The molecule has 1 amide bonds. The number of rotatable bonds is 4. The fraction of sp³-hybridized carbons (Fsp3) is 0.846. The number of nitrogens with zero attached hydrogens (tertiary/aromatic N) is 2. The second-order valence-corrected chi connectivity index (χ2v) is 5.03. The van der Waals surface area contributed by atoms with Crippen LogP contribution in [0, 0.1) is 16.7 Å². The van der Waals surface area contributed by atoms with Crippen molar-refractivity contribution >= 4 is 5.91 Å². The Morgan fingerprint density at radius 3 is 2.71 bits per heavy atom. The number of ether oxygens (including phenoxy) is 1. The second-order valence-electron chi connectivity index (χ2n) is 5.03. The summed E-state index contributed by atoms with van der Waals surface area (Å²) in [5.41, 5.74) is -0.714. The molecule has 0 radical (unpaired) electrons. The molecule has 1 atom stereocenters. The van der Waals surface area contributed by atoms with Gasteiger partial charge in [0.05, 0.1) is 12.2 Å². The van der Waals surface area contributed by atoms with Gasteiger partial charge >= 0.3 is 0 Å². The maximum atomic E-state index is 12.3. The number of likely N-dealkylation sites (N-methyl/N-ethyl adjacent to an activating group) is 1. The summed E-state index contributed by atoms with van der Waals surface area (Å²) in [5.74, 6) is 0.0178. The van der Waals surface area contributed by atoms with Gasteiger partial charge < -0.3 is 9.64 Å². The SMILES string of the molecule is CCN(CC1CCCO1)C(=O)C1(C#N)CCC1. The van der Waals surface area contributed by atoms with Gasteiger partial charge in [0, 0.05) is 19.7 Å². The van der Waals surface area contributed by atoms with Gasteiger partial charge in [-0.25, -0.2) is 0 Å². The highest BCUT2D eigenvalue weighted by Crippen LogP contribution is 2.41. The van der Waals surface area contributed by atoms with E-state index in [0.717, 1.165) is 38.7 Å². The van der Waals surface area contributed by atoms with Crippen LogP contribution in [0.25, 0.3) is 0 Å². The fourth-order valence-electron chi connectivity index (χ4n) is 2.60. The van der Waals surface area contributed by atoms with E-state index >= 15 is 0 Å². The van der Waals surface area contributed by atoms with Gasteiger partial charge in [0.15, 0.2) is 0 Å². The van der Waals surface area contributed by atoms with Gasteiger partial charge in [-0.1, -0.05) is 0 Å². The van der Waals surface area contributed by atoms with Crippen molar-refractivity contribution in [1.82, 2.24) is 4.90 Å². The first kappa shape index (κ1) is 12.4. The molecule has 0 spiro atoms. The van der Waals surface area contributed by atoms with Crippen LogP contribution in [0.1, 0.15) is 39.0 Å². The largest absolute Gasteiger partial charge is 0.376 e. The first-order chi connectivity index (χ1) is 8.22. The monoisotopic (exact) mass is 236 g/mol. The van der Waals surface area contributed by atoms with E-state index in [1.165, 1.54) is 0 Å². The lowest BCUT2D eigenvalue weighted by Crippen LogP contribution is -2.49. The predicted molar refractivity (Wildman–Crippen MR) is 63.1 cm³/mol. The smallest absolute Gasteiger partial charge is 0.243 e. The summed E-state index contributed by atoms with van der Waals surface area (Å²) < 4.78 is 5.56. The first-order valence-electron chi connectivity index (χ1n) is 6.54. The van der Waals surface area contributed by atoms with E-state index in [1.807, 2.05) is 6.92 Å². The van der Waals surface area contributed by atoms with Crippen LogP contribution in [0.2, 0.25) is 0 Å². The molecule has 0 aromatic carbocycles. The van der Waals surface area contributed by atoms with Crippen LogP contribution in [0.15, 0.2) is 0 Å². The predicted octanol–water partition coefficient (Wildman–Crippen LogP) is 1.71. The molecule has 0 N–H and O–H groups in total. The summed E-state index contributed by atoms with van der Waals surface area (Å²) in [6.07, 6.45) is 4.74. The highest BCUT2D eigenvalue weighted by Gasteiger charge is 2.46. The molecule has 1 unspecified atom stereocenters. The normalized spacial score (nSPS) is 26.0. The van der Waals surface area contributed by atoms with Crippen molar-refractivity contribution in [1.29, 1.82) is 5.26 Å². The molecule has 0 aromatic rings. The lowest BCUT2D eigenvalue weighted by atomic mass is 9.69. The van der Waals surface area contributed by atoms with E-state index < -0.39 is 5.41 Å². The zero-order valence-corrected chi connectivity index (χ0v) is 10.4. The quantitative estimate of drug-likeness (QED) is 0.746. The minimum Gasteiger partial charge on any atom is -0.376 e. The molecule has 1 heterocycles. The van der Waals surface area contributed by atoms with Crippen molar-refractivity contribution in [2.75, 3.05) is 19.7 Å². The summed E-state index contributed by atoms with van der Waals surface area (Å²) in [4.78, 5) is 14.1. The highest BCUT2D eigenvalue weighted by atomic mass is 16.5. The van der Waals surface area contributed by atoms with Crippen LogP contribution < -0.4 is 0 Å². The van der Waals surface area contributed by atoms with Gasteiger partial charge in [0.2, 0.25) is 5.91 Å². The van der Waals surface area contributed by atoms with Crippen molar-refractivity contribution < 1.29 is 9.53 Å². The van der Waals surface area contributed by atoms with Crippen LogP contribution in [0.3, 0.4) is 0 Å². The van der Waals surface area contributed by atoms with Crippen LogP contribution in [0.4, 0.5) is 0 Å². The van der Waals surface area contributed by atoms with Gasteiger partial charge in [-0.05, 0) is 39.0 Å². The maximum Gasteiger partial charge on any atom is 0.243 e. The zero-order valence-electron chi connectivity index (χ0n) is 10.4. The zero-order chi connectivity index (χ0) is 12.3. The summed E-state index contributed by atoms with van der Waals surface area (Å²) in [6, 6.07) is 2.22. The summed E-state index contributed by atoms with van der Waals surface area (Å²) in [7, 11) is 0. The minimum absolute atomic E-state index is 0.0178. The molecule has 1 aliphatic heterocycles. The molecule has 0 aromatic heterocycles. The Bertz CT molecular complexity index is 325. The Hall–Kier alpha value is -1.08. The molecule has 94 valence electrons. The first-order valence-corrected chi connectivity index (χ1v) is 6.54. The van der Waals surface area contributed by atoms with Crippen molar-refractivity contribution in [3.63, 3.8) is 0 Å². The van der Waals surface area contributed by atoms with Gasteiger partial charge in [0.1, 0.15) is 5.41 Å². The Labute approximate surface area is 103 Å². The molecular formula is C13H20N2O2. The van der Waals surface area contributed by atoms with Crippen LogP contribution in [-0.4, -0.2) is 36.6 Å². The van der Waals surface area contributed by atoms with Crippen molar-refractivity contribution in [2.45, 2.75) is 45.1 Å². The summed E-state index contributed by atoms with van der Waals surface area (Å²) in [6.45, 7) is 4.09. The molecule has 2 fully saturated rings. The maximum absolute atomic E-state index is 12.3. The third-order valence-corrected chi connectivity index (χ3v) is 3.95. The van der Waals surface area contributed by atoms with E-state index in [2.05, 4.69) is 6.07 Å². The van der Waals surface area contributed by atoms with E-state index in [4.69, 9.17) is 4.74 Å². The molecule has 4 nitrogen and oxygen atoms in total. The molecule has 1 saturated carbocycles. The van der Waals surface area contributed by atoms with Gasteiger partial charge in [-0.2, -0.15) is 5.26 Å². The Balaban J connectivity index is 1.97. The number of carbonyl (C=O) groups is 1. The van der Waals surface area contributed by atoms with Gasteiger partial charge in [-0.15, -0.1) is 0 Å². The molecular weight excluding hydrogens is 216 g/mol. The standard InChI is InChI=1S/C13H20N2O2/c1-2-15(9-11-5-3-8-17-11)12(16)13(10-14)6-4-7-13/h11H,2-9H2,1H3. The van der Waals surface area contributed by atoms with Crippen molar-refractivity contribution in [3.8, 4) is 6.07 Å². The molecule has 0 bridgehead atoms. The summed E-state index contributed by atoms with van der Waals surface area (Å²) >= 11 is 0. The van der Waals surface area contributed by atoms with Gasteiger partial charge in [-0.3, -0.25) is 4.79 Å². The topological polar surface area (TPSA) is 53.3 Å². The van der Waals surface area contributed by atoms with E-state index in [0.29, 0.717) is 13.1 Å². The Kier molecular flexibility index (Phi) is 3.68. The third kappa shape index (κ3) is 2.30. The van der Waals surface area contributed by atoms with E-state index in [-0.39, 0.29) is 12.0 Å².